The number of carboxylic acids is 1. The second-order valence-corrected chi connectivity index (χ2v) is 6.83. The summed E-state index contributed by atoms with van der Waals surface area (Å²) in [7, 11) is 1.69. The Morgan fingerprint density at radius 3 is 3.14 bits per heavy atom. The average Bonchev–Trinajstić information content (AvgIpc) is 2.90. The number of aryl methyl sites for hydroxylation is 1. The summed E-state index contributed by atoms with van der Waals surface area (Å²) in [5, 5.41) is 9.15. The lowest BCUT2D eigenvalue weighted by Crippen LogP contribution is -2.45. The average molecular weight is 307 g/mol. The molecule has 1 aliphatic carbocycles. The molecule has 114 valence electrons. The van der Waals surface area contributed by atoms with Crippen LogP contribution in [-0.4, -0.2) is 47.2 Å². The van der Waals surface area contributed by atoms with Gasteiger partial charge in [0.05, 0.1) is 13.5 Å². The van der Waals surface area contributed by atoms with Gasteiger partial charge >= 0.3 is 5.97 Å². The number of benzene rings is 1. The lowest BCUT2D eigenvalue weighted by Gasteiger charge is -2.39. The van der Waals surface area contributed by atoms with Crippen LogP contribution in [0.15, 0.2) is 18.2 Å². The number of methoxy groups -OCH3 is 1. The number of nitrogens with zero attached hydrogens (tertiary/aromatic N) is 1. The van der Waals surface area contributed by atoms with Crippen molar-refractivity contribution in [3.05, 3.63) is 29.3 Å². The van der Waals surface area contributed by atoms with Crippen LogP contribution in [0.3, 0.4) is 0 Å². The fourth-order valence-corrected chi connectivity index (χ4v) is 4.57. The predicted octanol–water partition coefficient (Wildman–Crippen LogP) is 2.57. The molecule has 1 N–H and O–H groups in total. The third-order valence-corrected chi connectivity index (χ3v) is 5.57. The standard InChI is InChI=1S/C16H21NO3S/c1-20-13-4-2-11-3-5-15(14(11)9-13)17-6-7-21-10-12(17)8-16(18)19/h2,4,9,12,15H,3,5-8,10H2,1H3,(H,18,19). The van der Waals surface area contributed by atoms with Gasteiger partial charge in [-0.25, -0.2) is 0 Å². The van der Waals surface area contributed by atoms with Crippen LogP contribution in [0, 0.1) is 0 Å². The summed E-state index contributed by atoms with van der Waals surface area (Å²) in [6, 6.07) is 6.79. The van der Waals surface area contributed by atoms with Crippen molar-refractivity contribution >= 4 is 17.7 Å². The SMILES string of the molecule is COc1ccc2c(c1)C(N1CCSCC1CC(=O)O)CC2. The molecule has 1 fully saturated rings. The van der Waals surface area contributed by atoms with Gasteiger partial charge in [-0.1, -0.05) is 6.07 Å². The number of rotatable bonds is 4. The molecule has 1 heterocycles. The highest BCUT2D eigenvalue weighted by atomic mass is 32.2. The van der Waals surface area contributed by atoms with Gasteiger partial charge in [0.2, 0.25) is 0 Å². The van der Waals surface area contributed by atoms with Crippen molar-refractivity contribution in [1.82, 2.24) is 4.90 Å². The van der Waals surface area contributed by atoms with Gasteiger partial charge in [0.25, 0.3) is 0 Å². The normalized spacial score (nSPS) is 25.6. The molecular weight excluding hydrogens is 286 g/mol. The summed E-state index contributed by atoms with van der Waals surface area (Å²) in [4.78, 5) is 13.5. The van der Waals surface area contributed by atoms with Crippen LogP contribution < -0.4 is 4.74 Å². The summed E-state index contributed by atoms with van der Waals surface area (Å²) < 4.78 is 5.35. The highest BCUT2D eigenvalue weighted by Gasteiger charge is 2.35. The van der Waals surface area contributed by atoms with E-state index in [1.807, 2.05) is 17.8 Å². The summed E-state index contributed by atoms with van der Waals surface area (Å²) in [6.07, 6.45) is 2.40. The van der Waals surface area contributed by atoms with Crippen molar-refractivity contribution in [3.8, 4) is 5.75 Å². The number of hydrogen-bond donors (Lipinski definition) is 1. The molecule has 0 bridgehead atoms. The number of carbonyl (C=O) groups is 1. The van der Waals surface area contributed by atoms with Crippen LogP contribution >= 0.6 is 11.8 Å². The first-order chi connectivity index (χ1) is 10.2. The van der Waals surface area contributed by atoms with Gasteiger partial charge in [-0.05, 0) is 36.1 Å². The Labute approximate surface area is 129 Å². The van der Waals surface area contributed by atoms with Gasteiger partial charge in [0, 0.05) is 30.1 Å². The Morgan fingerprint density at radius 1 is 1.52 bits per heavy atom. The maximum absolute atomic E-state index is 11.1. The van der Waals surface area contributed by atoms with Crippen LogP contribution in [0.25, 0.3) is 0 Å². The van der Waals surface area contributed by atoms with Crippen LogP contribution in [0.4, 0.5) is 0 Å². The third kappa shape index (κ3) is 3.04. The van der Waals surface area contributed by atoms with E-state index in [2.05, 4.69) is 17.0 Å². The van der Waals surface area contributed by atoms with Gasteiger partial charge in [0.15, 0.2) is 0 Å². The van der Waals surface area contributed by atoms with Crippen molar-refractivity contribution in [1.29, 1.82) is 0 Å². The van der Waals surface area contributed by atoms with E-state index in [0.717, 1.165) is 36.6 Å². The van der Waals surface area contributed by atoms with Crippen molar-refractivity contribution in [2.45, 2.75) is 31.3 Å². The minimum atomic E-state index is -0.698. The van der Waals surface area contributed by atoms with Crippen LogP contribution in [0.5, 0.6) is 5.75 Å². The Bertz CT molecular complexity index is 534. The Morgan fingerprint density at radius 2 is 2.38 bits per heavy atom. The summed E-state index contributed by atoms with van der Waals surface area (Å²) in [6.45, 7) is 0.976. The maximum atomic E-state index is 11.1. The minimum Gasteiger partial charge on any atom is -0.497 e. The quantitative estimate of drug-likeness (QED) is 0.926. The molecule has 5 heteroatoms. The van der Waals surface area contributed by atoms with E-state index >= 15 is 0 Å². The smallest absolute Gasteiger partial charge is 0.304 e. The van der Waals surface area contributed by atoms with E-state index in [1.165, 1.54) is 11.1 Å². The van der Waals surface area contributed by atoms with Gasteiger partial charge in [0.1, 0.15) is 5.75 Å². The molecule has 1 saturated heterocycles. The van der Waals surface area contributed by atoms with E-state index in [1.54, 1.807) is 7.11 Å². The number of hydrogen-bond acceptors (Lipinski definition) is 4. The molecule has 1 aromatic rings. The Hall–Kier alpha value is -1.20. The largest absolute Gasteiger partial charge is 0.497 e. The number of carboxylic acid groups (broad SMARTS) is 1. The zero-order chi connectivity index (χ0) is 14.8. The highest BCUT2D eigenvalue weighted by molar-refractivity contribution is 7.99. The van der Waals surface area contributed by atoms with Gasteiger partial charge in [-0.3, -0.25) is 9.69 Å². The van der Waals surface area contributed by atoms with Crippen molar-refractivity contribution < 1.29 is 14.6 Å². The molecule has 0 amide bonds. The lowest BCUT2D eigenvalue weighted by molar-refractivity contribution is -0.138. The van der Waals surface area contributed by atoms with Gasteiger partial charge < -0.3 is 9.84 Å². The first-order valence-electron chi connectivity index (χ1n) is 7.41. The molecule has 0 radical (unpaired) electrons. The molecular formula is C16H21NO3S. The molecule has 0 saturated carbocycles. The summed E-state index contributed by atoms with van der Waals surface area (Å²) >= 11 is 1.87. The highest BCUT2D eigenvalue weighted by Crippen LogP contribution is 2.40. The predicted molar refractivity (Wildman–Crippen MR) is 84.1 cm³/mol. The van der Waals surface area contributed by atoms with Crippen molar-refractivity contribution in [3.63, 3.8) is 0 Å². The lowest BCUT2D eigenvalue weighted by atomic mass is 10.0. The Balaban J connectivity index is 1.85. The molecule has 21 heavy (non-hydrogen) atoms. The van der Waals surface area contributed by atoms with Gasteiger partial charge in [-0.2, -0.15) is 11.8 Å². The van der Waals surface area contributed by atoms with Crippen LogP contribution in [0.1, 0.15) is 30.0 Å². The van der Waals surface area contributed by atoms with E-state index in [4.69, 9.17) is 9.84 Å². The minimum absolute atomic E-state index is 0.142. The third-order valence-electron chi connectivity index (χ3n) is 4.48. The number of thioether (sulfide) groups is 1. The fourth-order valence-electron chi connectivity index (χ4n) is 3.49. The van der Waals surface area contributed by atoms with Crippen molar-refractivity contribution in [2.24, 2.45) is 0 Å². The molecule has 2 unspecified atom stereocenters. The van der Waals surface area contributed by atoms with Crippen molar-refractivity contribution in [2.75, 3.05) is 25.2 Å². The van der Waals surface area contributed by atoms with E-state index in [9.17, 15) is 4.79 Å². The first-order valence-corrected chi connectivity index (χ1v) is 8.56. The van der Waals surface area contributed by atoms with Crippen LogP contribution in [-0.2, 0) is 11.2 Å². The second kappa shape index (κ2) is 6.28. The van der Waals surface area contributed by atoms with E-state index < -0.39 is 5.97 Å². The summed E-state index contributed by atoms with van der Waals surface area (Å²) in [5.41, 5.74) is 2.71. The molecule has 3 rings (SSSR count). The molecule has 4 nitrogen and oxygen atoms in total. The summed E-state index contributed by atoms with van der Waals surface area (Å²) in [5.74, 6) is 2.20. The molecule has 1 aliphatic heterocycles. The number of fused-ring (bicyclic) bond motifs is 1. The van der Waals surface area contributed by atoms with E-state index in [0.29, 0.717) is 6.04 Å². The number of ether oxygens (including phenoxy) is 1. The van der Waals surface area contributed by atoms with E-state index in [-0.39, 0.29) is 12.5 Å². The molecule has 0 spiro atoms. The molecule has 2 atom stereocenters. The maximum Gasteiger partial charge on any atom is 0.304 e. The molecule has 0 aromatic heterocycles. The van der Waals surface area contributed by atoms with Crippen LogP contribution in [0.2, 0.25) is 0 Å². The second-order valence-electron chi connectivity index (χ2n) is 5.68. The van der Waals surface area contributed by atoms with Gasteiger partial charge in [-0.15, -0.1) is 0 Å². The zero-order valence-electron chi connectivity index (χ0n) is 12.2. The monoisotopic (exact) mass is 307 g/mol. The first kappa shape index (κ1) is 14.7. The molecule has 2 aliphatic rings. The Kier molecular flexibility index (Phi) is 4.40. The molecule has 1 aromatic carbocycles. The number of aliphatic carboxylic acids is 1. The zero-order valence-corrected chi connectivity index (χ0v) is 13.1. The topological polar surface area (TPSA) is 49.8 Å². The fraction of sp³-hybridized carbons (Fsp3) is 0.562.